The number of rotatable bonds is 8. The van der Waals surface area contributed by atoms with Crippen LogP contribution in [0.4, 0.5) is 16.2 Å². The van der Waals surface area contributed by atoms with Crippen LogP contribution in [0.25, 0.3) is 0 Å². The molecule has 1 aromatic carbocycles. The third-order valence-corrected chi connectivity index (χ3v) is 4.06. The van der Waals surface area contributed by atoms with Gasteiger partial charge in [0.05, 0.1) is 12.8 Å². The molecule has 25 heavy (non-hydrogen) atoms. The molecule has 6 nitrogen and oxygen atoms in total. The van der Waals surface area contributed by atoms with Gasteiger partial charge in [0.25, 0.3) is 0 Å². The number of carbonyl (C=O) groups is 1. The fraction of sp³-hybridized carbons (Fsp3) is 0.421. The number of anilines is 2. The van der Waals surface area contributed by atoms with Gasteiger partial charge < -0.3 is 25.1 Å². The minimum Gasteiger partial charge on any atom is -0.466 e. The SMILES string of the molecule is CCCCN(C)c1ccc(NC(=O)NCC(C)(O)c2ccco2)cc1. The van der Waals surface area contributed by atoms with E-state index in [2.05, 4.69) is 29.5 Å². The fourth-order valence-electron chi connectivity index (χ4n) is 2.42. The summed E-state index contributed by atoms with van der Waals surface area (Å²) >= 11 is 0. The zero-order valence-corrected chi connectivity index (χ0v) is 15.1. The standard InChI is InChI=1S/C19H27N3O3/c1-4-5-12-22(3)16-10-8-15(9-11-16)21-18(23)20-14-19(2,24)17-7-6-13-25-17/h6-11,13,24H,4-5,12,14H2,1-3H3,(H2,20,21,23). The Kier molecular flexibility index (Phi) is 6.47. The number of hydrogen-bond donors (Lipinski definition) is 3. The van der Waals surface area contributed by atoms with Gasteiger partial charge in [-0.2, -0.15) is 0 Å². The molecule has 2 amide bonds. The van der Waals surface area contributed by atoms with Crippen molar-refractivity contribution in [2.45, 2.75) is 32.3 Å². The number of hydrogen-bond acceptors (Lipinski definition) is 4. The Morgan fingerprint density at radius 1 is 1.28 bits per heavy atom. The Morgan fingerprint density at radius 2 is 2.00 bits per heavy atom. The molecule has 1 heterocycles. The summed E-state index contributed by atoms with van der Waals surface area (Å²) < 4.78 is 5.19. The topological polar surface area (TPSA) is 77.7 Å². The molecular weight excluding hydrogens is 318 g/mol. The molecule has 2 rings (SSSR count). The molecule has 1 aromatic heterocycles. The van der Waals surface area contributed by atoms with Crippen LogP contribution < -0.4 is 15.5 Å². The summed E-state index contributed by atoms with van der Waals surface area (Å²) in [5.74, 6) is 0.410. The zero-order valence-electron chi connectivity index (χ0n) is 15.1. The summed E-state index contributed by atoms with van der Waals surface area (Å²) in [6, 6.07) is 10.7. The van der Waals surface area contributed by atoms with Gasteiger partial charge in [0, 0.05) is 25.0 Å². The molecule has 0 spiro atoms. The third-order valence-electron chi connectivity index (χ3n) is 4.06. The lowest BCUT2D eigenvalue weighted by atomic mass is 10.0. The molecule has 6 heteroatoms. The summed E-state index contributed by atoms with van der Waals surface area (Å²) in [4.78, 5) is 14.2. The van der Waals surface area contributed by atoms with Gasteiger partial charge in [0.1, 0.15) is 11.4 Å². The third kappa shape index (κ3) is 5.53. The van der Waals surface area contributed by atoms with E-state index in [0.29, 0.717) is 11.4 Å². The van der Waals surface area contributed by atoms with Crippen molar-refractivity contribution in [2.75, 3.05) is 30.4 Å². The first-order valence-electron chi connectivity index (χ1n) is 8.55. The lowest BCUT2D eigenvalue weighted by molar-refractivity contribution is 0.0372. The molecule has 3 N–H and O–H groups in total. The molecule has 0 radical (unpaired) electrons. The van der Waals surface area contributed by atoms with E-state index in [4.69, 9.17) is 4.42 Å². The summed E-state index contributed by atoms with van der Waals surface area (Å²) in [6.07, 6.45) is 3.80. The monoisotopic (exact) mass is 345 g/mol. The van der Waals surface area contributed by atoms with Crippen molar-refractivity contribution in [3.05, 3.63) is 48.4 Å². The lowest BCUT2D eigenvalue weighted by Gasteiger charge is -2.21. The van der Waals surface area contributed by atoms with Crippen molar-refractivity contribution in [3.8, 4) is 0 Å². The molecule has 0 saturated heterocycles. The van der Waals surface area contributed by atoms with Crippen molar-refractivity contribution in [2.24, 2.45) is 0 Å². The van der Waals surface area contributed by atoms with E-state index in [-0.39, 0.29) is 12.6 Å². The highest BCUT2D eigenvalue weighted by Gasteiger charge is 2.26. The minimum absolute atomic E-state index is 0.0458. The maximum Gasteiger partial charge on any atom is 0.319 e. The number of benzene rings is 1. The van der Waals surface area contributed by atoms with E-state index in [1.165, 1.54) is 6.26 Å². The molecule has 1 unspecified atom stereocenters. The molecule has 0 aliphatic carbocycles. The first-order valence-corrected chi connectivity index (χ1v) is 8.55. The Bertz CT molecular complexity index is 651. The highest BCUT2D eigenvalue weighted by Crippen LogP contribution is 2.20. The average molecular weight is 345 g/mol. The van der Waals surface area contributed by atoms with Crippen LogP contribution >= 0.6 is 0 Å². The average Bonchev–Trinajstić information content (AvgIpc) is 3.14. The largest absolute Gasteiger partial charge is 0.466 e. The molecule has 0 fully saturated rings. The van der Waals surface area contributed by atoms with Crippen LogP contribution in [0, 0.1) is 0 Å². The van der Waals surface area contributed by atoms with E-state index >= 15 is 0 Å². The van der Waals surface area contributed by atoms with Crippen LogP contribution in [0.15, 0.2) is 47.1 Å². The van der Waals surface area contributed by atoms with E-state index in [9.17, 15) is 9.90 Å². The number of furan rings is 1. The van der Waals surface area contributed by atoms with Gasteiger partial charge in [0.2, 0.25) is 0 Å². The number of unbranched alkanes of at least 4 members (excludes halogenated alkanes) is 1. The van der Waals surface area contributed by atoms with Gasteiger partial charge in [0.15, 0.2) is 0 Å². The Balaban J connectivity index is 1.84. The second kappa shape index (κ2) is 8.58. The fourth-order valence-corrected chi connectivity index (χ4v) is 2.42. The first kappa shape index (κ1) is 18.9. The van der Waals surface area contributed by atoms with Crippen LogP contribution in [0.5, 0.6) is 0 Å². The molecule has 0 bridgehead atoms. The summed E-state index contributed by atoms with van der Waals surface area (Å²) in [7, 11) is 2.06. The van der Waals surface area contributed by atoms with Gasteiger partial charge in [-0.3, -0.25) is 0 Å². The van der Waals surface area contributed by atoms with Crippen molar-refractivity contribution in [1.82, 2.24) is 5.32 Å². The molecular formula is C19H27N3O3. The van der Waals surface area contributed by atoms with Crippen LogP contribution in [-0.4, -0.2) is 31.3 Å². The summed E-state index contributed by atoms with van der Waals surface area (Å²) in [6.45, 7) is 4.81. The first-order chi connectivity index (χ1) is 11.9. The Morgan fingerprint density at radius 3 is 2.60 bits per heavy atom. The second-order valence-electron chi connectivity index (χ2n) is 6.38. The van der Waals surface area contributed by atoms with Crippen molar-refractivity contribution in [3.63, 3.8) is 0 Å². The van der Waals surface area contributed by atoms with E-state index in [0.717, 1.165) is 25.1 Å². The Labute approximate surface area is 148 Å². The smallest absolute Gasteiger partial charge is 0.319 e. The molecule has 1 atom stereocenters. The molecule has 0 saturated carbocycles. The van der Waals surface area contributed by atoms with E-state index in [1.807, 2.05) is 24.3 Å². The van der Waals surface area contributed by atoms with E-state index < -0.39 is 5.60 Å². The van der Waals surface area contributed by atoms with Crippen molar-refractivity contribution in [1.29, 1.82) is 0 Å². The highest BCUT2D eigenvalue weighted by molar-refractivity contribution is 5.89. The molecule has 136 valence electrons. The number of amides is 2. The van der Waals surface area contributed by atoms with Crippen molar-refractivity contribution < 1.29 is 14.3 Å². The normalized spacial score (nSPS) is 13.1. The molecule has 0 aliphatic heterocycles. The highest BCUT2D eigenvalue weighted by atomic mass is 16.4. The maximum atomic E-state index is 12.0. The molecule has 2 aromatic rings. The van der Waals surface area contributed by atoms with Gasteiger partial charge in [-0.05, 0) is 49.7 Å². The van der Waals surface area contributed by atoms with Gasteiger partial charge in [-0.25, -0.2) is 4.79 Å². The summed E-state index contributed by atoms with van der Waals surface area (Å²) in [5, 5.41) is 15.7. The molecule has 0 aliphatic rings. The Hall–Kier alpha value is -2.47. The van der Waals surface area contributed by atoms with Gasteiger partial charge in [-0.15, -0.1) is 0 Å². The van der Waals surface area contributed by atoms with Gasteiger partial charge >= 0.3 is 6.03 Å². The minimum atomic E-state index is -1.26. The van der Waals surface area contributed by atoms with Crippen LogP contribution in [0.1, 0.15) is 32.4 Å². The zero-order chi connectivity index (χ0) is 18.3. The quantitative estimate of drug-likeness (QED) is 0.684. The van der Waals surface area contributed by atoms with Crippen LogP contribution in [0.2, 0.25) is 0 Å². The summed E-state index contributed by atoms with van der Waals surface area (Å²) in [5.41, 5.74) is 0.551. The van der Waals surface area contributed by atoms with Crippen LogP contribution in [0.3, 0.4) is 0 Å². The number of carbonyl (C=O) groups excluding carboxylic acids is 1. The number of aliphatic hydroxyl groups is 1. The van der Waals surface area contributed by atoms with E-state index in [1.54, 1.807) is 19.1 Å². The maximum absolute atomic E-state index is 12.0. The predicted molar refractivity (Wildman–Crippen MR) is 99.9 cm³/mol. The number of nitrogens with zero attached hydrogens (tertiary/aromatic N) is 1. The second-order valence-corrected chi connectivity index (χ2v) is 6.38. The lowest BCUT2D eigenvalue weighted by Crippen LogP contribution is -2.40. The number of nitrogens with one attached hydrogen (secondary N) is 2. The van der Waals surface area contributed by atoms with Crippen molar-refractivity contribution >= 4 is 17.4 Å². The van der Waals surface area contributed by atoms with Gasteiger partial charge in [-0.1, -0.05) is 13.3 Å². The number of urea groups is 1. The van der Waals surface area contributed by atoms with Crippen LogP contribution in [-0.2, 0) is 5.60 Å². The predicted octanol–water partition coefficient (Wildman–Crippen LogP) is 3.55.